The minimum Gasteiger partial charge on any atom is -0.492 e. The molecule has 2 aromatic rings. The van der Waals surface area contributed by atoms with E-state index >= 15 is 0 Å². The molecular weight excluding hydrogens is 316 g/mol. The number of halogens is 1. The second kappa shape index (κ2) is 7.95. The van der Waals surface area contributed by atoms with Gasteiger partial charge in [0.2, 0.25) is 0 Å². The molecule has 0 aliphatic heterocycles. The third kappa shape index (κ3) is 4.22. The van der Waals surface area contributed by atoms with Crippen LogP contribution < -0.4 is 10.5 Å². The fourth-order valence-electron chi connectivity index (χ4n) is 2.23. The van der Waals surface area contributed by atoms with E-state index in [0.717, 1.165) is 34.9 Å². The SMILES string of the molecule is CCCOc1ccc(CC(CN)c2nc(C)c(C)s2)cc1Cl. The minimum absolute atomic E-state index is 0.232. The zero-order chi connectivity index (χ0) is 16.1. The van der Waals surface area contributed by atoms with Crippen molar-refractivity contribution in [3.05, 3.63) is 44.4 Å². The Morgan fingerprint density at radius 3 is 2.68 bits per heavy atom. The molecule has 0 radical (unpaired) electrons. The van der Waals surface area contributed by atoms with E-state index in [1.54, 1.807) is 11.3 Å². The third-order valence-corrected chi connectivity index (χ3v) is 5.15. The Morgan fingerprint density at radius 1 is 1.36 bits per heavy atom. The first-order valence-electron chi connectivity index (χ1n) is 7.60. The average Bonchev–Trinajstić information content (AvgIpc) is 2.83. The van der Waals surface area contributed by atoms with Gasteiger partial charge in [0.1, 0.15) is 5.75 Å². The molecule has 1 aromatic heterocycles. The highest BCUT2D eigenvalue weighted by molar-refractivity contribution is 7.11. The first kappa shape index (κ1) is 17.3. The standard InChI is InChI=1S/C17H23ClN2OS/c1-4-7-21-16-6-5-13(9-15(16)18)8-14(10-19)17-20-11(2)12(3)22-17/h5-6,9,14H,4,7-8,10,19H2,1-3H3. The lowest BCUT2D eigenvalue weighted by Gasteiger charge is -2.13. The van der Waals surface area contributed by atoms with E-state index in [2.05, 4.69) is 24.9 Å². The summed E-state index contributed by atoms with van der Waals surface area (Å²) in [5.41, 5.74) is 8.21. The molecule has 0 amide bonds. The smallest absolute Gasteiger partial charge is 0.137 e. The van der Waals surface area contributed by atoms with Gasteiger partial charge in [-0.25, -0.2) is 4.98 Å². The fourth-order valence-corrected chi connectivity index (χ4v) is 3.52. The summed E-state index contributed by atoms with van der Waals surface area (Å²) < 4.78 is 5.61. The second-order valence-corrected chi connectivity index (χ2v) is 7.09. The van der Waals surface area contributed by atoms with Gasteiger partial charge in [0.05, 0.1) is 22.3 Å². The number of aryl methyl sites for hydroxylation is 2. The van der Waals surface area contributed by atoms with E-state index < -0.39 is 0 Å². The van der Waals surface area contributed by atoms with Crippen LogP contribution in [0, 0.1) is 13.8 Å². The molecule has 22 heavy (non-hydrogen) atoms. The maximum atomic E-state index is 6.30. The molecule has 2 N–H and O–H groups in total. The molecule has 120 valence electrons. The Balaban J connectivity index is 2.12. The van der Waals surface area contributed by atoms with Gasteiger partial charge in [-0.05, 0) is 44.4 Å². The van der Waals surface area contributed by atoms with Gasteiger partial charge in [-0.1, -0.05) is 24.6 Å². The lowest BCUT2D eigenvalue weighted by Crippen LogP contribution is -2.15. The Kier molecular flexibility index (Phi) is 6.24. The molecule has 0 bridgehead atoms. The molecule has 0 saturated heterocycles. The Hall–Kier alpha value is -1.10. The van der Waals surface area contributed by atoms with E-state index in [9.17, 15) is 0 Å². The van der Waals surface area contributed by atoms with Crippen LogP contribution in [0.1, 0.15) is 40.4 Å². The topological polar surface area (TPSA) is 48.1 Å². The summed E-state index contributed by atoms with van der Waals surface area (Å²) in [7, 11) is 0. The van der Waals surface area contributed by atoms with Gasteiger partial charge in [-0.15, -0.1) is 11.3 Å². The molecular formula is C17H23ClN2OS. The number of thiazole rings is 1. The number of hydrogen-bond acceptors (Lipinski definition) is 4. The number of benzene rings is 1. The molecule has 0 fully saturated rings. The molecule has 5 heteroatoms. The summed E-state index contributed by atoms with van der Waals surface area (Å²) in [5, 5.41) is 1.77. The molecule has 0 aliphatic rings. The van der Waals surface area contributed by atoms with E-state index in [-0.39, 0.29) is 5.92 Å². The van der Waals surface area contributed by atoms with Crippen LogP contribution in [0.25, 0.3) is 0 Å². The lowest BCUT2D eigenvalue weighted by atomic mass is 10.00. The molecule has 1 atom stereocenters. The van der Waals surface area contributed by atoms with Crippen molar-refractivity contribution in [2.45, 2.75) is 39.5 Å². The fraction of sp³-hybridized carbons (Fsp3) is 0.471. The van der Waals surface area contributed by atoms with Crippen molar-refractivity contribution in [1.82, 2.24) is 4.98 Å². The summed E-state index contributed by atoms with van der Waals surface area (Å²) in [6.45, 7) is 7.48. The van der Waals surface area contributed by atoms with Crippen molar-refractivity contribution in [3.8, 4) is 5.75 Å². The van der Waals surface area contributed by atoms with Crippen LogP contribution in [0.15, 0.2) is 18.2 Å². The largest absolute Gasteiger partial charge is 0.492 e. The van der Waals surface area contributed by atoms with Crippen LogP contribution in [-0.2, 0) is 6.42 Å². The van der Waals surface area contributed by atoms with E-state index in [0.29, 0.717) is 18.2 Å². The molecule has 2 rings (SSSR count). The molecule has 0 aliphatic carbocycles. The van der Waals surface area contributed by atoms with Crippen LogP contribution in [0.2, 0.25) is 5.02 Å². The van der Waals surface area contributed by atoms with Crippen molar-refractivity contribution >= 4 is 22.9 Å². The quantitative estimate of drug-likeness (QED) is 0.809. The van der Waals surface area contributed by atoms with Gasteiger partial charge in [-0.3, -0.25) is 0 Å². The zero-order valence-electron chi connectivity index (χ0n) is 13.4. The van der Waals surface area contributed by atoms with Crippen LogP contribution >= 0.6 is 22.9 Å². The Labute approximate surface area is 141 Å². The van der Waals surface area contributed by atoms with E-state index in [1.165, 1.54) is 4.88 Å². The van der Waals surface area contributed by atoms with Crippen molar-refractivity contribution < 1.29 is 4.74 Å². The zero-order valence-corrected chi connectivity index (χ0v) is 14.9. The molecule has 3 nitrogen and oxygen atoms in total. The lowest BCUT2D eigenvalue weighted by molar-refractivity contribution is 0.317. The van der Waals surface area contributed by atoms with Crippen molar-refractivity contribution in [2.75, 3.05) is 13.2 Å². The number of aromatic nitrogens is 1. The van der Waals surface area contributed by atoms with Crippen LogP contribution in [-0.4, -0.2) is 18.1 Å². The Morgan fingerprint density at radius 2 is 2.14 bits per heavy atom. The summed E-state index contributed by atoms with van der Waals surface area (Å²) in [6, 6.07) is 5.98. The molecule has 0 spiro atoms. The highest BCUT2D eigenvalue weighted by Crippen LogP contribution is 2.30. The first-order chi connectivity index (χ1) is 10.5. The Bertz CT molecular complexity index is 608. The normalized spacial score (nSPS) is 12.4. The second-order valence-electron chi connectivity index (χ2n) is 5.44. The highest BCUT2D eigenvalue weighted by atomic mass is 35.5. The monoisotopic (exact) mass is 338 g/mol. The average molecular weight is 339 g/mol. The maximum Gasteiger partial charge on any atom is 0.137 e. The predicted octanol–water partition coefficient (Wildman–Crippen LogP) is 4.49. The van der Waals surface area contributed by atoms with Gasteiger partial charge < -0.3 is 10.5 Å². The van der Waals surface area contributed by atoms with Gasteiger partial charge in [0, 0.05) is 17.3 Å². The third-order valence-electron chi connectivity index (χ3n) is 3.62. The number of ether oxygens (including phenoxy) is 1. The van der Waals surface area contributed by atoms with Crippen molar-refractivity contribution in [2.24, 2.45) is 5.73 Å². The van der Waals surface area contributed by atoms with Gasteiger partial charge in [-0.2, -0.15) is 0 Å². The van der Waals surface area contributed by atoms with Crippen molar-refractivity contribution in [1.29, 1.82) is 0 Å². The molecule has 1 heterocycles. The van der Waals surface area contributed by atoms with Gasteiger partial charge in [0.25, 0.3) is 0 Å². The minimum atomic E-state index is 0.232. The first-order valence-corrected chi connectivity index (χ1v) is 8.79. The van der Waals surface area contributed by atoms with E-state index in [4.69, 9.17) is 22.1 Å². The highest BCUT2D eigenvalue weighted by Gasteiger charge is 2.16. The maximum absolute atomic E-state index is 6.30. The predicted molar refractivity (Wildman–Crippen MR) is 94.3 cm³/mol. The number of hydrogen-bond donors (Lipinski definition) is 1. The summed E-state index contributed by atoms with van der Waals surface area (Å²) in [5.74, 6) is 0.980. The molecule has 1 unspecified atom stereocenters. The summed E-state index contributed by atoms with van der Waals surface area (Å²) in [4.78, 5) is 5.90. The molecule has 1 aromatic carbocycles. The van der Waals surface area contributed by atoms with Crippen LogP contribution in [0.5, 0.6) is 5.75 Å². The summed E-state index contributed by atoms with van der Waals surface area (Å²) >= 11 is 8.03. The van der Waals surface area contributed by atoms with Gasteiger partial charge in [0.15, 0.2) is 0 Å². The molecule has 0 saturated carbocycles. The van der Waals surface area contributed by atoms with Gasteiger partial charge >= 0.3 is 0 Å². The van der Waals surface area contributed by atoms with Crippen molar-refractivity contribution in [3.63, 3.8) is 0 Å². The number of rotatable bonds is 7. The van der Waals surface area contributed by atoms with Crippen LogP contribution in [0.4, 0.5) is 0 Å². The van der Waals surface area contributed by atoms with E-state index in [1.807, 2.05) is 19.1 Å². The summed E-state index contributed by atoms with van der Waals surface area (Å²) in [6.07, 6.45) is 1.81. The number of nitrogens with two attached hydrogens (primary N) is 1. The van der Waals surface area contributed by atoms with Crippen LogP contribution in [0.3, 0.4) is 0 Å². The number of nitrogens with zero attached hydrogens (tertiary/aromatic N) is 1.